The zero-order valence-corrected chi connectivity index (χ0v) is 17.8. The molecule has 1 heterocycles. The highest BCUT2D eigenvalue weighted by Crippen LogP contribution is 2.36. The minimum atomic E-state index is -0.506. The van der Waals surface area contributed by atoms with Gasteiger partial charge in [-0.3, -0.25) is 14.9 Å². The number of nitrogens with one attached hydrogen (secondary N) is 1. The summed E-state index contributed by atoms with van der Waals surface area (Å²) in [5, 5.41) is 15.7. The van der Waals surface area contributed by atoms with Crippen molar-refractivity contribution in [2.24, 2.45) is 0 Å². The Morgan fingerprint density at radius 1 is 1.13 bits per heavy atom. The van der Waals surface area contributed by atoms with Crippen LogP contribution < -0.4 is 5.32 Å². The maximum atomic E-state index is 12.6. The van der Waals surface area contributed by atoms with Gasteiger partial charge in [-0.1, -0.05) is 29.8 Å². The van der Waals surface area contributed by atoms with Gasteiger partial charge in [-0.05, 0) is 43.2 Å². The van der Waals surface area contributed by atoms with Crippen LogP contribution in [0.2, 0.25) is 0 Å². The Balaban J connectivity index is 1.82. The van der Waals surface area contributed by atoms with Crippen LogP contribution in [0.3, 0.4) is 0 Å². The highest BCUT2D eigenvalue weighted by atomic mass is 32.1. The first-order valence-corrected chi connectivity index (χ1v) is 10.4. The summed E-state index contributed by atoms with van der Waals surface area (Å²) in [6.45, 7) is 3.92. The van der Waals surface area contributed by atoms with Crippen LogP contribution in [0.1, 0.15) is 28.4 Å². The Hall–Kier alpha value is -3.78. The van der Waals surface area contributed by atoms with Crippen LogP contribution in [0.4, 0.5) is 10.7 Å². The van der Waals surface area contributed by atoms with Gasteiger partial charge in [0.15, 0.2) is 0 Å². The molecule has 2 aromatic carbocycles. The fourth-order valence-corrected chi connectivity index (χ4v) is 3.79. The Morgan fingerprint density at radius 3 is 2.42 bits per heavy atom. The zero-order chi connectivity index (χ0) is 22.4. The second-order valence-corrected chi connectivity index (χ2v) is 7.49. The molecule has 0 spiro atoms. The summed E-state index contributed by atoms with van der Waals surface area (Å²) in [5.41, 5.74) is 3.57. The number of nitro groups is 1. The van der Waals surface area contributed by atoms with E-state index in [1.54, 1.807) is 19.1 Å². The van der Waals surface area contributed by atoms with Crippen molar-refractivity contribution in [1.29, 1.82) is 0 Å². The van der Waals surface area contributed by atoms with Crippen molar-refractivity contribution in [1.82, 2.24) is 0 Å². The molecule has 0 bridgehead atoms. The molecule has 1 aromatic heterocycles. The van der Waals surface area contributed by atoms with Gasteiger partial charge in [0, 0.05) is 29.2 Å². The number of hydrogen-bond donors (Lipinski definition) is 1. The van der Waals surface area contributed by atoms with Gasteiger partial charge in [0.25, 0.3) is 5.69 Å². The summed E-state index contributed by atoms with van der Waals surface area (Å²) in [6, 6.07) is 13.6. The zero-order valence-electron chi connectivity index (χ0n) is 17.0. The number of rotatable bonds is 7. The molecular weight excluding hydrogens is 416 g/mol. The van der Waals surface area contributed by atoms with E-state index in [4.69, 9.17) is 4.74 Å². The molecule has 0 aliphatic heterocycles. The molecule has 3 rings (SSSR count). The van der Waals surface area contributed by atoms with E-state index < -0.39 is 16.8 Å². The summed E-state index contributed by atoms with van der Waals surface area (Å²) in [7, 11) is 0. The van der Waals surface area contributed by atoms with Crippen molar-refractivity contribution >= 4 is 40.0 Å². The lowest BCUT2D eigenvalue weighted by molar-refractivity contribution is -0.384. The van der Waals surface area contributed by atoms with Crippen LogP contribution in [0.15, 0.2) is 60.0 Å². The van der Waals surface area contributed by atoms with Crippen LogP contribution in [-0.4, -0.2) is 23.4 Å². The van der Waals surface area contributed by atoms with Gasteiger partial charge >= 0.3 is 5.97 Å². The summed E-state index contributed by atoms with van der Waals surface area (Å²) in [4.78, 5) is 35.3. The summed E-state index contributed by atoms with van der Waals surface area (Å²) >= 11 is 1.24. The Labute approximate surface area is 183 Å². The van der Waals surface area contributed by atoms with E-state index in [2.05, 4.69) is 5.32 Å². The lowest BCUT2D eigenvalue weighted by Gasteiger charge is -2.08. The van der Waals surface area contributed by atoms with Gasteiger partial charge in [0.05, 0.1) is 11.5 Å². The highest BCUT2D eigenvalue weighted by Gasteiger charge is 2.22. The maximum Gasteiger partial charge on any atom is 0.341 e. The molecule has 31 heavy (non-hydrogen) atoms. The number of anilines is 1. The number of aryl methyl sites for hydroxylation is 1. The second kappa shape index (κ2) is 9.82. The molecule has 158 valence electrons. The SMILES string of the molecule is CCOC(=O)c1c(-c2ccc(C)cc2)csc1NC(=O)/C=C/c1ccc([N+](=O)[O-])cc1. The number of thiophene rings is 1. The van der Waals surface area contributed by atoms with Crippen LogP contribution >= 0.6 is 11.3 Å². The van der Waals surface area contributed by atoms with E-state index in [1.807, 2.05) is 36.6 Å². The number of hydrogen-bond acceptors (Lipinski definition) is 6. The molecule has 0 atom stereocenters. The number of carbonyl (C=O) groups is 2. The van der Waals surface area contributed by atoms with Crippen LogP contribution in [0.25, 0.3) is 17.2 Å². The number of ether oxygens (including phenoxy) is 1. The third-order valence-electron chi connectivity index (χ3n) is 4.40. The fourth-order valence-electron chi connectivity index (χ4n) is 2.83. The highest BCUT2D eigenvalue weighted by molar-refractivity contribution is 7.15. The number of benzene rings is 2. The molecule has 0 fully saturated rings. The first-order valence-electron chi connectivity index (χ1n) is 9.48. The van der Waals surface area contributed by atoms with Gasteiger partial charge in [-0.25, -0.2) is 4.79 Å². The monoisotopic (exact) mass is 436 g/mol. The minimum Gasteiger partial charge on any atom is -0.462 e. The molecule has 1 amide bonds. The van der Waals surface area contributed by atoms with Crippen LogP contribution in [0, 0.1) is 17.0 Å². The number of non-ortho nitro benzene ring substituents is 1. The molecule has 1 N–H and O–H groups in total. The molecule has 0 radical (unpaired) electrons. The minimum absolute atomic E-state index is 0.0251. The average molecular weight is 436 g/mol. The van der Waals surface area contributed by atoms with Crippen molar-refractivity contribution in [3.8, 4) is 11.1 Å². The third-order valence-corrected chi connectivity index (χ3v) is 5.30. The lowest BCUT2D eigenvalue weighted by Crippen LogP contribution is -2.12. The van der Waals surface area contributed by atoms with E-state index in [0.29, 0.717) is 21.7 Å². The van der Waals surface area contributed by atoms with Gasteiger partial charge < -0.3 is 10.1 Å². The van der Waals surface area contributed by atoms with E-state index in [9.17, 15) is 19.7 Å². The number of nitrogens with zero attached hydrogens (tertiary/aromatic N) is 1. The van der Waals surface area contributed by atoms with E-state index >= 15 is 0 Å². The normalized spacial score (nSPS) is 10.8. The molecule has 0 aliphatic carbocycles. The Morgan fingerprint density at radius 2 is 1.81 bits per heavy atom. The van der Waals surface area contributed by atoms with Gasteiger partial charge in [-0.2, -0.15) is 0 Å². The van der Waals surface area contributed by atoms with E-state index in [1.165, 1.54) is 35.6 Å². The maximum absolute atomic E-state index is 12.6. The van der Waals surface area contributed by atoms with Crippen molar-refractivity contribution in [2.75, 3.05) is 11.9 Å². The molecule has 8 heteroatoms. The topological polar surface area (TPSA) is 98.5 Å². The average Bonchev–Trinajstić information content (AvgIpc) is 3.16. The van der Waals surface area contributed by atoms with Crippen LogP contribution in [0.5, 0.6) is 0 Å². The van der Waals surface area contributed by atoms with Gasteiger partial charge in [-0.15, -0.1) is 11.3 Å². The van der Waals surface area contributed by atoms with Crippen molar-refractivity contribution in [3.63, 3.8) is 0 Å². The molecule has 3 aromatic rings. The molecule has 0 saturated carbocycles. The van der Waals surface area contributed by atoms with Crippen molar-refractivity contribution in [3.05, 3.63) is 86.8 Å². The number of carbonyl (C=O) groups excluding carboxylic acids is 2. The van der Waals surface area contributed by atoms with Gasteiger partial charge in [0.1, 0.15) is 10.6 Å². The molecule has 7 nitrogen and oxygen atoms in total. The molecular formula is C23H20N2O5S. The third kappa shape index (κ3) is 5.43. The predicted octanol–water partition coefficient (Wildman–Crippen LogP) is 5.46. The van der Waals surface area contributed by atoms with E-state index in [0.717, 1.165) is 11.1 Å². The summed E-state index contributed by atoms with van der Waals surface area (Å²) in [5.74, 6) is -0.935. The molecule has 0 unspecified atom stereocenters. The van der Waals surface area contributed by atoms with Crippen molar-refractivity contribution in [2.45, 2.75) is 13.8 Å². The summed E-state index contributed by atoms with van der Waals surface area (Å²) in [6.07, 6.45) is 2.85. The summed E-state index contributed by atoms with van der Waals surface area (Å²) < 4.78 is 5.20. The Kier molecular flexibility index (Phi) is 6.94. The fraction of sp³-hybridized carbons (Fsp3) is 0.130. The number of amides is 1. The van der Waals surface area contributed by atoms with Gasteiger partial charge in [0.2, 0.25) is 5.91 Å². The van der Waals surface area contributed by atoms with E-state index in [-0.39, 0.29) is 12.3 Å². The predicted molar refractivity (Wildman–Crippen MR) is 121 cm³/mol. The van der Waals surface area contributed by atoms with Crippen molar-refractivity contribution < 1.29 is 19.2 Å². The standard InChI is InChI=1S/C23H20N2O5S/c1-3-30-23(27)21-19(17-9-4-15(2)5-10-17)14-31-22(21)24-20(26)13-8-16-6-11-18(12-7-16)25(28)29/h4-14H,3H2,1-2H3,(H,24,26)/b13-8+. The smallest absolute Gasteiger partial charge is 0.341 e. The van der Waals surface area contributed by atoms with Crippen LogP contribution in [-0.2, 0) is 9.53 Å². The Bertz CT molecular complexity index is 1130. The first kappa shape index (κ1) is 21.9. The lowest BCUT2D eigenvalue weighted by atomic mass is 10.0. The quantitative estimate of drug-likeness (QED) is 0.229. The molecule has 0 aliphatic rings. The largest absolute Gasteiger partial charge is 0.462 e. The second-order valence-electron chi connectivity index (χ2n) is 6.61. The number of esters is 1. The molecule has 0 saturated heterocycles. The first-order chi connectivity index (χ1) is 14.9. The number of nitro benzene ring substituents is 1.